The van der Waals surface area contributed by atoms with Crippen molar-refractivity contribution >= 4 is 11.7 Å². The van der Waals surface area contributed by atoms with Crippen LogP contribution in [0.5, 0.6) is 0 Å². The number of nitrogens with zero attached hydrogens (tertiary/aromatic N) is 1. The predicted octanol–water partition coefficient (Wildman–Crippen LogP) is 1.12. The Hall–Kier alpha value is -2.18. The highest BCUT2D eigenvalue weighted by molar-refractivity contribution is 6.08. The molecule has 0 unspecified atom stereocenters. The Morgan fingerprint density at radius 2 is 1.92 bits per heavy atom. The van der Waals surface area contributed by atoms with Crippen molar-refractivity contribution in [3.63, 3.8) is 0 Å². The second-order valence-corrected chi connectivity index (χ2v) is 5.79. The molecule has 0 spiro atoms. The van der Waals surface area contributed by atoms with Crippen molar-refractivity contribution in [1.29, 1.82) is 0 Å². The van der Waals surface area contributed by atoms with E-state index in [0.29, 0.717) is 19.6 Å². The molecule has 130 valence electrons. The number of Topliss-reactive ketones (excluding diaryl/α,β-unsaturated/α-hetero) is 1. The molecule has 2 rings (SSSR count). The summed E-state index contributed by atoms with van der Waals surface area (Å²) in [6, 6.07) is 7.15. The van der Waals surface area contributed by atoms with Crippen LogP contribution in [0.15, 0.2) is 35.6 Å². The SMILES string of the molecule is CCc1ccc([C@@H]2C(C(C)=O)=C(O)C(=O)N2CCNCCO)cc1. The minimum Gasteiger partial charge on any atom is -0.503 e. The maximum absolute atomic E-state index is 12.4. The number of hydrogen-bond donors (Lipinski definition) is 3. The second-order valence-electron chi connectivity index (χ2n) is 5.79. The van der Waals surface area contributed by atoms with Crippen LogP contribution in [0.25, 0.3) is 0 Å². The van der Waals surface area contributed by atoms with Gasteiger partial charge in [-0.3, -0.25) is 9.59 Å². The van der Waals surface area contributed by atoms with Crippen molar-refractivity contribution in [2.45, 2.75) is 26.3 Å². The Labute approximate surface area is 141 Å². The lowest BCUT2D eigenvalue weighted by Crippen LogP contribution is -2.37. The molecule has 1 aliphatic rings. The molecular weight excluding hydrogens is 308 g/mol. The van der Waals surface area contributed by atoms with Gasteiger partial charge in [-0.05, 0) is 24.5 Å². The molecule has 6 nitrogen and oxygen atoms in total. The van der Waals surface area contributed by atoms with Gasteiger partial charge in [-0.25, -0.2) is 0 Å². The van der Waals surface area contributed by atoms with Gasteiger partial charge in [0.15, 0.2) is 11.5 Å². The van der Waals surface area contributed by atoms with Gasteiger partial charge in [0, 0.05) is 19.6 Å². The Kier molecular flexibility index (Phi) is 6.11. The summed E-state index contributed by atoms with van der Waals surface area (Å²) in [5, 5.41) is 22.0. The number of rotatable bonds is 8. The number of aliphatic hydroxyl groups is 2. The van der Waals surface area contributed by atoms with Crippen LogP contribution in [-0.2, 0) is 16.0 Å². The largest absolute Gasteiger partial charge is 0.503 e. The third-order valence-electron chi connectivity index (χ3n) is 4.20. The van der Waals surface area contributed by atoms with Gasteiger partial charge in [-0.2, -0.15) is 0 Å². The molecular formula is C18H24N2O4. The number of amides is 1. The zero-order valence-electron chi connectivity index (χ0n) is 14.1. The fourth-order valence-electron chi connectivity index (χ4n) is 2.93. The van der Waals surface area contributed by atoms with E-state index in [9.17, 15) is 14.7 Å². The second kappa shape index (κ2) is 8.08. The van der Waals surface area contributed by atoms with E-state index in [1.165, 1.54) is 11.8 Å². The van der Waals surface area contributed by atoms with Crippen LogP contribution >= 0.6 is 0 Å². The molecule has 24 heavy (non-hydrogen) atoms. The summed E-state index contributed by atoms with van der Waals surface area (Å²) < 4.78 is 0. The fourth-order valence-corrected chi connectivity index (χ4v) is 2.93. The van der Waals surface area contributed by atoms with Crippen LogP contribution in [0.1, 0.15) is 31.0 Å². The molecule has 6 heteroatoms. The van der Waals surface area contributed by atoms with E-state index in [1.54, 1.807) is 0 Å². The van der Waals surface area contributed by atoms with Gasteiger partial charge in [0.1, 0.15) is 0 Å². The van der Waals surface area contributed by atoms with Crippen molar-refractivity contribution < 1.29 is 19.8 Å². The highest BCUT2D eigenvalue weighted by atomic mass is 16.3. The molecule has 1 heterocycles. The molecule has 1 aliphatic heterocycles. The van der Waals surface area contributed by atoms with Crippen molar-refractivity contribution in [3.05, 3.63) is 46.7 Å². The standard InChI is InChI=1S/C18H24N2O4/c1-3-13-4-6-14(7-5-13)16-15(12(2)22)17(23)18(24)20(16)10-8-19-9-11-21/h4-7,16,19,21,23H,3,8-11H2,1-2H3/t16-/m1/s1. The maximum atomic E-state index is 12.4. The van der Waals surface area contributed by atoms with Crippen molar-refractivity contribution in [2.75, 3.05) is 26.2 Å². The van der Waals surface area contributed by atoms with Gasteiger partial charge in [-0.1, -0.05) is 31.2 Å². The van der Waals surface area contributed by atoms with E-state index < -0.39 is 17.7 Å². The van der Waals surface area contributed by atoms with Crippen LogP contribution in [0.4, 0.5) is 0 Å². The van der Waals surface area contributed by atoms with E-state index >= 15 is 0 Å². The van der Waals surface area contributed by atoms with Crippen molar-refractivity contribution in [3.8, 4) is 0 Å². The molecule has 0 bridgehead atoms. The average Bonchev–Trinajstić information content (AvgIpc) is 2.83. The monoisotopic (exact) mass is 332 g/mol. The number of nitrogens with one attached hydrogen (secondary N) is 1. The van der Waals surface area contributed by atoms with Crippen molar-refractivity contribution in [2.24, 2.45) is 0 Å². The Morgan fingerprint density at radius 1 is 1.25 bits per heavy atom. The molecule has 1 atom stereocenters. The summed E-state index contributed by atoms with van der Waals surface area (Å²) in [6.45, 7) is 4.66. The number of hydrogen-bond acceptors (Lipinski definition) is 5. The van der Waals surface area contributed by atoms with Gasteiger partial charge in [-0.15, -0.1) is 0 Å². The molecule has 1 aromatic rings. The molecule has 0 saturated heterocycles. The first-order valence-electron chi connectivity index (χ1n) is 8.16. The summed E-state index contributed by atoms with van der Waals surface area (Å²) in [4.78, 5) is 25.9. The molecule has 1 amide bonds. The van der Waals surface area contributed by atoms with Gasteiger partial charge >= 0.3 is 0 Å². The number of carbonyl (C=O) groups excluding carboxylic acids is 2. The maximum Gasteiger partial charge on any atom is 0.290 e. The molecule has 0 fully saturated rings. The van der Waals surface area contributed by atoms with Gasteiger partial charge in [0.25, 0.3) is 5.91 Å². The summed E-state index contributed by atoms with van der Waals surface area (Å²) in [5.74, 6) is -1.30. The lowest BCUT2D eigenvalue weighted by Gasteiger charge is -2.26. The Balaban J connectivity index is 2.31. The molecule has 0 radical (unpaired) electrons. The van der Waals surface area contributed by atoms with Gasteiger partial charge in [0.2, 0.25) is 0 Å². The molecule has 0 aliphatic carbocycles. The number of benzene rings is 1. The van der Waals surface area contributed by atoms with E-state index in [1.807, 2.05) is 24.3 Å². The van der Waals surface area contributed by atoms with Crippen LogP contribution in [0.2, 0.25) is 0 Å². The molecule has 1 aromatic carbocycles. The van der Waals surface area contributed by atoms with Crippen LogP contribution in [0.3, 0.4) is 0 Å². The summed E-state index contributed by atoms with van der Waals surface area (Å²) in [5.41, 5.74) is 2.11. The molecule has 0 saturated carbocycles. The van der Waals surface area contributed by atoms with E-state index in [-0.39, 0.29) is 18.0 Å². The first kappa shape index (κ1) is 18.2. The molecule has 3 N–H and O–H groups in total. The van der Waals surface area contributed by atoms with Gasteiger partial charge < -0.3 is 20.4 Å². The quantitative estimate of drug-likeness (QED) is 0.621. The highest BCUT2D eigenvalue weighted by Crippen LogP contribution is 2.37. The minimum absolute atomic E-state index is 0.0120. The van der Waals surface area contributed by atoms with Crippen LogP contribution in [0, 0.1) is 0 Å². The van der Waals surface area contributed by atoms with Crippen LogP contribution < -0.4 is 5.32 Å². The average molecular weight is 332 g/mol. The first-order valence-corrected chi connectivity index (χ1v) is 8.16. The molecule has 0 aromatic heterocycles. The first-order chi connectivity index (χ1) is 11.5. The van der Waals surface area contributed by atoms with Crippen molar-refractivity contribution in [1.82, 2.24) is 10.2 Å². The Bertz CT molecular complexity index is 637. The number of ketones is 1. The third kappa shape index (κ3) is 3.66. The van der Waals surface area contributed by atoms with E-state index in [4.69, 9.17) is 5.11 Å². The van der Waals surface area contributed by atoms with E-state index in [2.05, 4.69) is 12.2 Å². The summed E-state index contributed by atoms with van der Waals surface area (Å²) in [7, 11) is 0. The number of carbonyl (C=O) groups is 2. The zero-order chi connectivity index (χ0) is 17.7. The lowest BCUT2D eigenvalue weighted by molar-refractivity contribution is -0.129. The number of aliphatic hydroxyl groups excluding tert-OH is 2. The van der Waals surface area contributed by atoms with E-state index in [0.717, 1.165) is 17.5 Å². The number of aryl methyl sites for hydroxylation is 1. The highest BCUT2D eigenvalue weighted by Gasteiger charge is 2.41. The summed E-state index contributed by atoms with van der Waals surface area (Å²) in [6.07, 6.45) is 0.902. The minimum atomic E-state index is -0.572. The van der Waals surface area contributed by atoms with Crippen LogP contribution in [-0.4, -0.2) is 53.0 Å². The lowest BCUT2D eigenvalue weighted by atomic mass is 9.95. The fraction of sp³-hybridized carbons (Fsp3) is 0.444. The summed E-state index contributed by atoms with van der Waals surface area (Å²) >= 11 is 0. The zero-order valence-corrected chi connectivity index (χ0v) is 14.1. The predicted molar refractivity (Wildman–Crippen MR) is 90.6 cm³/mol. The third-order valence-corrected chi connectivity index (χ3v) is 4.20. The Morgan fingerprint density at radius 3 is 2.46 bits per heavy atom. The smallest absolute Gasteiger partial charge is 0.290 e. The van der Waals surface area contributed by atoms with Gasteiger partial charge in [0.05, 0.1) is 18.2 Å². The normalized spacial score (nSPS) is 17.7. The topological polar surface area (TPSA) is 89.9 Å².